The summed E-state index contributed by atoms with van der Waals surface area (Å²) in [5.74, 6) is 0.480. The molecule has 1 aliphatic carbocycles. The lowest BCUT2D eigenvalue weighted by Crippen LogP contribution is -2.49. The molecule has 3 N–H and O–H groups in total. The van der Waals surface area contributed by atoms with E-state index in [1.54, 1.807) is 19.2 Å². The number of aliphatic hydroxyl groups is 1. The van der Waals surface area contributed by atoms with Gasteiger partial charge in [-0.25, -0.2) is 18.1 Å². The first-order chi connectivity index (χ1) is 12.4. The molecule has 3 rings (SSSR count). The Kier molecular flexibility index (Phi) is 5.76. The van der Waals surface area contributed by atoms with E-state index in [-0.39, 0.29) is 24.0 Å². The first-order valence-corrected chi connectivity index (χ1v) is 10.1. The maximum Gasteiger partial charge on any atom is 0.260 e. The van der Waals surface area contributed by atoms with Crippen molar-refractivity contribution in [3.8, 4) is 0 Å². The Morgan fingerprint density at radius 1 is 1.42 bits per heavy atom. The van der Waals surface area contributed by atoms with Gasteiger partial charge in [0.15, 0.2) is 5.03 Å². The topological polar surface area (TPSA) is 123 Å². The minimum Gasteiger partial charge on any atom is -0.394 e. The lowest BCUT2D eigenvalue weighted by molar-refractivity contribution is -0.125. The average Bonchev–Trinajstić information content (AvgIpc) is 3.32. The summed E-state index contributed by atoms with van der Waals surface area (Å²) in [6, 6.07) is -0.738. The van der Waals surface area contributed by atoms with E-state index < -0.39 is 28.3 Å². The van der Waals surface area contributed by atoms with Crippen molar-refractivity contribution >= 4 is 15.9 Å². The van der Waals surface area contributed by atoms with Crippen molar-refractivity contribution in [3.05, 3.63) is 24.7 Å². The van der Waals surface area contributed by atoms with Gasteiger partial charge in [0.1, 0.15) is 6.10 Å². The number of sulfonamides is 1. The van der Waals surface area contributed by atoms with E-state index in [9.17, 15) is 18.3 Å². The summed E-state index contributed by atoms with van der Waals surface area (Å²) in [6.45, 7) is 0.311. The van der Waals surface area contributed by atoms with Crippen LogP contribution in [0.5, 0.6) is 0 Å². The van der Waals surface area contributed by atoms with Crippen molar-refractivity contribution in [3.63, 3.8) is 0 Å². The molecule has 0 radical (unpaired) electrons. The molecule has 26 heavy (non-hydrogen) atoms. The standard InChI is InChI=1S/C16H24N4O5S/c1-20-8-16(18-10-20)26(23,24)19-13-5-4-12(25-14(13)9-21)6-15(22)17-7-11-2-3-11/h4-5,8,10-14,19,21H,2-3,6-7,9H2,1H3,(H,17,22)/t12-,13-,14-/m1/s1. The highest BCUT2D eigenvalue weighted by Gasteiger charge is 2.32. The number of aliphatic hydroxyl groups excluding tert-OH is 1. The van der Waals surface area contributed by atoms with Gasteiger partial charge in [-0.15, -0.1) is 0 Å². The molecule has 0 unspecified atom stereocenters. The summed E-state index contributed by atoms with van der Waals surface area (Å²) in [5, 5.41) is 12.3. The number of carbonyl (C=O) groups is 1. The first kappa shape index (κ1) is 19.0. The molecule has 0 spiro atoms. The number of aryl methyl sites for hydroxylation is 1. The van der Waals surface area contributed by atoms with Gasteiger partial charge in [0.05, 0.1) is 31.5 Å². The third-order valence-corrected chi connectivity index (χ3v) is 5.73. The van der Waals surface area contributed by atoms with Crippen molar-refractivity contribution in [2.24, 2.45) is 13.0 Å². The van der Waals surface area contributed by atoms with Crippen molar-refractivity contribution in [2.75, 3.05) is 13.2 Å². The van der Waals surface area contributed by atoms with Crippen LogP contribution in [0.2, 0.25) is 0 Å². The molecule has 1 aliphatic heterocycles. The molecule has 10 heteroatoms. The molecule has 0 saturated heterocycles. The molecule has 9 nitrogen and oxygen atoms in total. The van der Waals surface area contributed by atoms with Gasteiger partial charge in [-0.05, 0) is 18.8 Å². The van der Waals surface area contributed by atoms with Crippen molar-refractivity contribution in [2.45, 2.75) is 42.5 Å². The van der Waals surface area contributed by atoms with Gasteiger partial charge >= 0.3 is 0 Å². The highest BCUT2D eigenvalue weighted by molar-refractivity contribution is 7.89. The van der Waals surface area contributed by atoms with E-state index in [0.29, 0.717) is 12.5 Å². The molecule has 2 heterocycles. The zero-order valence-corrected chi connectivity index (χ0v) is 15.4. The first-order valence-electron chi connectivity index (χ1n) is 8.59. The number of rotatable bonds is 8. The number of nitrogens with zero attached hydrogens (tertiary/aromatic N) is 2. The van der Waals surface area contributed by atoms with Crippen LogP contribution in [-0.2, 0) is 26.6 Å². The van der Waals surface area contributed by atoms with Crippen molar-refractivity contribution in [1.29, 1.82) is 0 Å². The van der Waals surface area contributed by atoms with Crippen LogP contribution >= 0.6 is 0 Å². The van der Waals surface area contributed by atoms with Crippen LogP contribution in [-0.4, -0.2) is 60.4 Å². The molecule has 1 amide bonds. The van der Waals surface area contributed by atoms with Crippen LogP contribution in [0.1, 0.15) is 19.3 Å². The van der Waals surface area contributed by atoms with Crippen LogP contribution in [0, 0.1) is 5.92 Å². The predicted octanol–water partition coefficient (Wildman–Crippen LogP) is -0.701. The number of ether oxygens (including phenoxy) is 1. The fourth-order valence-corrected chi connectivity index (χ4v) is 3.91. The Morgan fingerprint density at radius 3 is 2.81 bits per heavy atom. The minimum atomic E-state index is -3.84. The molecule has 1 aromatic heterocycles. The van der Waals surface area contributed by atoms with E-state index in [4.69, 9.17) is 4.74 Å². The molecule has 3 atom stereocenters. The highest BCUT2D eigenvalue weighted by Crippen LogP contribution is 2.27. The summed E-state index contributed by atoms with van der Waals surface area (Å²) in [6.07, 6.45) is 7.22. The second-order valence-electron chi connectivity index (χ2n) is 6.76. The number of carbonyl (C=O) groups excluding carboxylic acids is 1. The molecule has 1 fully saturated rings. The third-order valence-electron chi connectivity index (χ3n) is 4.38. The van der Waals surface area contributed by atoms with Gasteiger partial charge in [0, 0.05) is 19.8 Å². The van der Waals surface area contributed by atoms with Crippen molar-refractivity contribution in [1.82, 2.24) is 19.6 Å². The van der Waals surface area contributed by atoms with Gasteiger partial charge in [-0.1, -0.05) is 12.2 Å². The predicted molar refractivity (Wildman–Crippen MR) is 92.6 cm³/mol. The molecule has 144 valence electrons. The number of hydrogen-bond acceptors (Lipinski definition) is 6. The van der Waals surface area contributed by atoms with Crippen LogP contribution < -0.4 is 10.0 Å². The summed E-state index contributed by atoms with van der Waals surface area (Å²) in [4.78, 5) is 15.8. The summed E-state index contributed by atoms with van der Waals surface area (Å²) in [5.41, 5.74) is 0. The van der Waals surface area contributed by atoms with E-state index in [1.165, 1.54) is 17.1 Å². The van der Waals surface area contributed by atoms with E-state index >= 15 is 0 Å². The third kappa shape index (κ3) is 4.91. The second-order valence-corrected chi connectivity index (χ2v) is 8.42. The van der Waals surface area contributed by atoms with Gasteiger partial charge in [-0.2, -0.15) is 0 Å². The molecule has 0 aromatic carbocycles. The van der Waals surface area contributed by atoms with Crippen LogP contribution in [0.3, 0.4) is 0 Å². The summed E-state index contributed by atoms with van der Waals surface area (Å²) < 4.78 is 34.4. The lowest BCUT2D eigenvalue weighted by atomic mass is 10.1. The van der Waals surface area contributed by atoms with Gasteiger partial charge in [-0.3, -0.25) is 4.79 Å². The molecule has 1 saturated carbocycles. The Hall–Kier alpha value is -1.75. The number of hydrogen-bond donors (Lipinski definition) is 3. The Bertz CT molecular complexity index is 771. The zero-order chi connectivity index (χ0) is 18.7. The second kappa shape index (κ2) is 7.87. The van der Waals surface area contributed by atoms with E-state index in [1.807, 2.05) is 0 Å². The molecule has 0 bridgehead atoms. The van der Waals surface area contributed by atoms with Crippen molar-refractivity contribution < 1.29 is 23.1 Å². The number of nitrogens with one attached hydrogen (secondary N) is 2. The maximum absolute atomic E-state index is 12.4. The van der Waals surface area contributed by atoms with Crippen LogP contribution in [0.15, 0.2) is 29.7 Å². The number of amides is 1. The molecule has 1 aromatic rings. The maximum atomic E-state index is 12.4. The fraction of sp³-hybridized carbons (Fsp3) is 0.625. The number of imidazole rings is 1. The van der Waals surface area contributed by atoms with Crippen LogP contribution in [0.4, 0.5) is 0 Å². The van der Waals surface area contributed by atoms with Crippen LogP contribution in [0.25, 0.3) is 0 Å². The van der Waals surface area contributed by atoms with E-state index in [2.05, 4.69) is 15.0 Å². The monoisotopic (exact) mass is 384 g/mol. The quantitative estimate of drug-likeness (QED) is 0.510. The molecule has 2 aliphatic rings. The SMILES string of the molecule is Cn1cnc(S(=O)(=O)N[C@@H]2C=C[C@H](CC(=O)NCC3CC3)O[C@@H]2CO)c1. The zero-order valence-electron chi connectivity index (χ0n) is 14.5. The fourth-order valence-electron chi connectivity index (χ4n) is 2.71. The smallest absolute Gasteiger partial charge is 0.260 e. The van der Waals surface area contributed by atoms with Gasteiger partial charge in [0.2, 0.25) is 5.91 Å². The highest BCUT2D eigenvalue weighted by atomic mass is 32.2. The molecular formula is C16H24N4O5S. The van der Waals surface area contributed by atoms with Gasteiger partial charge in [0.25, 0.3) is 10.0 Å². The van der Waals surface area contributed by atoms with Gasteiger partial charge < -0.3 is 19.7 Å². The lowest BCUT2D eigenvalue weighted by Gasteiger charge is -2.31. The Labute approximate surface area is 152 Å². The Morgan fingerprint density at radius 2 is 2.19 bits per heavy atom. The normalized spacial score (nSPS) is 26.0. The Balaban J connectivity index is 1.59. The molecular weight excluding hydrogens is 360 g/mol. The minimum absolute atomic E-state index is 0.105. The average molecular weight is 384 g/mol. The summed E-state index contributed by atoms with van der Waals surface area (Å²) in [7, 11) is -2.17. The number of aromatic nitrogens is 2. The largest absolute Gasteiger partial charge is 0.394 e. The summed E-state index contributed by atoms with van der Waals surface area (Å²) >= 11 is 0. The van der Waals surface area contributed by atoms with E-state index in [0.717, 1.165) is 12.8 Å².